The minimum atomic E-state index is -0.251. The van der Waals surface area contributed by atoms with Crippen LogP contribution in [0.1, 0.15) is 46.3 Å². The maximum Gasteiger partial charge on any atom is 0.141 e. The quantitative estimate of drug-likeness (QED) is 0.348. The van der Waals surface area contributed by atoms with E-state index in [1.807, 2.05) is 42.5 Å². The fourth-order valence-corrected chi connectivity index (χ4v) is 6.87. The average molecular weight is 491 g/mol. The minimum absolute atomic E-state index is 0.0561. The van der Waals surface area contributed by atoms with E-state index in [0.717, 1.165) is 66.6 Å². The summed E-state index contributed by atoms with van der Waals surface area (Å²) in [5.41, 5.74) is 3.49. The summed E-state index contributed by atoms with van der Waals surface area (Å²) in [5.74, 6) is 1.40. The molecule has 2 aromatic carbocycles. The number of hydrogen-bond donors (Lipinski definition) is 0. The first kappa shape index (κ1) is 22.6. The summed E-state index contributed by atoms with van der Waals surface area (Å²) >= 11 is 1.84. The van der Waals surface area contributed by atoms with Gasteiger partial charge in [0.05, 0.1) is 11.4 Å². The van der Waals surface area contributed by atoms with E-state index in [1.54, 1.807) is 0 Å². The van der Waals surface area contributed by atoms with Gasteiger partial charge in [-0.1, -0.05) is 24.3 Å². The first-order valence-electron chi connectivity index (χ1n) is 12.4. The SMILES string of the molecule is Cc1nc(N2CCN(C(c3ccc(F)cc3)c3ccc(F)cc3)CC2)c2c3c(sc2n1)CCCC3. The van der Waals surface area contributed by atoms with Gasteiger partial charge in [0.1, 0.15) is 28.1 Å². The van der Waals surface area contributed by atoms with E-state index in [2.05, 4.69) is 9.80 Å². The third-order valence-electron chi connectivity index (χ3n) is 7.26. The first-order valence-corrected chi connectivity index (χ1v) is 13.2. The molecule has 1 saturated heterocycles. The van der Waals surface area contributed by atoms with Gasteiger partial charge in [-0.2, -0.15) is 0 Å². The molecule has 0 unspecified atom stereocenters. The highest BCUT2D eigenvalue weighted by Gasteiger charge is 2.29. The first-order chi connectivity index (χ1) is 17.1. The van der Waals surface area contributed by atoms with Crippen LogP contribution in [0.2, 0.25) is 0 Å². The van der Waals surface area contributed by atoms with Crippen LogP contribution in [0.5, 0.6) is 0 Å². The highest BCUT2D eigenvalue weighted by molar-refractivity contribution is 7.19. The smallest absolute Gasteiger partial charge is 0.141 e. The number of anilines is 1. The van der Waals surface area contributed by atoms with Crippen LogP contribution in [0.4, 0.5) is 14.6 Å². The molecule has 2 aliphatic rings. The molecule has 35 heavy (non-hydrogen) atoms. The zero-order chi connectivity index (χ0) is 23.9. The number of fused-ring (bicyclic) bond motifs is 3. The molecule has 0 spiro atoms. The van der Waals surface area contributed by atoms with Gasteiger partial charge < -0.3 is 4.90 Å². The average Bonchev–Trinajstić information content (AvgIpc) is 3.24. The zero-order valence-corrected chi connectivity index (χ0v) is 20.6. The van der Waals surface area contributed by atoms with Crippen molar-refractivity contribution in [2.24, 2.45) is 0 Å². The van der Waals surface area contributed by atoms with Crippen LogP contribution in [0.3, 0.4) is 0 Å². The molecular weight excluding hydrogens is 462 g/mol. The van der Waals surface area contributed by atoms with Crippen molar-refractivity contribution in [1.29, 1.82) is 0 Å². The van der Waals surface area contributed by atoms with Gasteiger partial charge in [-0.3, -0.25) is 4.90 Å². The lowest BCUT2D eigenvalue weighted by molar-refractivity contribution is 0.212. The number of aromatic nitrogens is 2. The predicted octanol–water partition coefficient (Wildman–Crippen LogP) is 6.07. The fraction of sp³-hybridized carbons (Fsp3) is 0.357. The third-order valence-corrected chi connectivity index (χ3v) is 8.44. The van der Waals surface area contributed by atoms with Crippen molar-refractivity contribution in [2.45, 2.75) is 38.6 Å². The fourth-order valence-electron chi connectivity index (χ4n) is 5.57. The van der Waals surface area contributed by atoms with E-state index in [4.69, 9.17) is 9.97 Å². The van der Waals surface area contributed by atoms with Crippen LogP contribution in [-0.4, -0.2) is 41.0 Å². The second-order valence-corrected chi connectivity index (χ2v) is 10.6. The Morgan fingerprint density at radius 1 is 0.800 bits per heavy atom. The summed E-state index contributed by atoms with van der Waals surface area (Å²) < 4.78 is 27.3. The van der Waals surface area contributed by atoms with E-state index >= 15 is 0 Å². The van der Waals surface area contributed by atoms with Gasteiger partial charge in [-0.15, -0.1) is 11.3 Å². The maximum absolute atomic E-state index is 13.7. The maximum atomic E-state index is 13.7. The van der Waals surface area contributed by atoms with Gasteiger partial charge in [0.25, 0.3) is 0 Å². The van der Waals surface area contributed by atoms with Gasteiger partial charge >= 0.3 is 0 Å². The molecule has 0 saturated carbocycles. The van der Waals surface area contributed by atoms with Gasteiger partial charge in [-0.25, -0.2) is 18.7 Å². The van der Waals surface area contributed by atoms with Crippen molar-refractivity contribution in [2.75, 3.05) is 31.1 Å². The summed E-state index contributed by atoms with van der Waals surface area (Å²) in [4.78, 5) is 17.1. The normalized spacial score (nSPS) is 16.7. The van der Waals surface area contributed by atoms with Gasteiger partial charge in [0, 0.05) is 31.1 Å². The van der Waals surface area contributed by atoms with Crippen LogP contribution in [-0.2, 0) is 12.8 Å². The number of thiophene rings is 1. The summed E-state index contributed by atoms with van der Waals surface area (Å²) in [6.45, 7) is 5.33. The molecular formula is C28H28F2N4S. The van der Waals surface area contributed by atoms with Crippen molar-refractivity contribution in [3.8, 4) is 0 Å². The second-order valence-electron chi connectivity index (χ2n) is 9.51. The highest BCUT2D eigenvalue weighted by atomic mass is 32.1. The molecule has 2 aromatic heterocycles. The molecule has 0 radical (unpaired) electrons. The summed E-state index contributed by atoms with van der Waals surface area (Å²) in [6, 6.07) is 13.3. The summed E-state index contributed by atoms with van der Waals surface area (Å²) in [5, 5.41) is 1.26. The number of nitrogens with zero attached hydrogens (tertiary/aromatic N) is 4. The monoisotopic (exact) mass is 490 g/mol. The molecule has 1 aliphatic heterocycles. The molecule has 1 fully saturated rings. The van der Waals surface area contributed by atoms with E-state index in [9.17, 15) is 8.78 Å². The Kier molecular flexibility index (Phi) is 5.98. The molecule has 7 heteroatoms. The lowest BCUT2D eigenvalue weighted by atomic mass is 9.96. The van der Waals surface area contributed by atoms with Crippen LogP contribution in [0.15, 0.2) is 48.5 Å². The Labute approximate surface area is 208 Å². The number of halogens is 2. The Hall–Kier alpha value is -2.90. The zero-order valence-electron chi connectivity index (χ0n) is 19.8. The third kappa shape index (κ3) is 4.32. The van der Waals surface area contributed by atoms with Crippen LogP contribution < -0.4 is 4.90 Å². The molecule has 180 valence electrons. The standard InChI is InChI=1S/C28H28F2N4S/c1-18-31-27(25-23-4-2-3-5-24(23)35-28(25)32-18)34-16-14-33(15-17-34)26(19-6-10-21(29)11-7-19)20-8-12-22(30)13-9-20/h6-13,26H,2-5,14-17H2,1H3. The van der Waals surface area contributed by atoms with Crippen molar-refractivity contribution in [1.82, 2.24) is 14.9 Å². The molecule has 0 N–H and O–H groups in total. The van der Waals surface area contributed by atoms with Crippen LogP contribution in [0, 0.1) is 18.6 Å². The molecule has 3 heterocycles. The van der Waals surface area contributed by atoms with Gasteiger partial charge in [0.15, 0.2) is 0 Å². The van der Waals surface area contributed by atoms with E-state index in [1.165, 1.54) is 52.9 Å². The Bertz CT molecular complexity index is 1300. The van der Waals surface area contributed by atoms with Gasteiger partial charge in [0.2, 0.25) is 0 Å². The topological polar surface area (TPSA) is 32.3 Å². The van der Waals surface area contributed by atoms with E-state index in [0.29, 0.717) is 0 Å². The number of piperazine rings is 1. The van der Waals surface area contributed by atoms with Crippen molar-refractivity contribution >= 4 is 27.4 Å². The van der Waals surface area contributed by atoms with Crippen LogP contribution in [0.25, 0.3) is 10.2 Å². The Balaban J connectivity index is 1.30. The lowest BCUT2D eigenvalue weighted by Crippen LogP contribution is -2.48. The molecule has 4 nitrogen and oxygen atoms in total. The highest BCUT2D eigenvalue weighted by Crippen LogP contribution is 2.40. The summed E-state index contributed by atoms with van der Waals surface area (Å²) in [7, 11) is 0. The molecule has 4 aromatic rings. The molecule has 1 aliphatic carbocycles. The Morgan fingerprint density at radius 3 is 2.03 bits per heavy atom. The Morgan fingerprint density at radius 2 is 1.40 bits per heavy atom. The van der Waals surface area contributed by atoms with Crippen molar-refractivity contribution < 1.29 is 8.78 Å². The molecule has 0 atom stereocenters. The van der Waals surface area contributed by atoms with Crippen LogP contribution >= 0.6 is 11.3 Å². The number of rotatable bonds is 4. The predicted molar refractivity (Wildman–Crippen MR) is 137 cm³/mol. The number of benzene rings is 2. The minimum Gasteiger partial charge on any atom is -0.353 e. The van der Waals surface area contributed by atoms with Gasteiger partial charge in [-0.05, 0) is 73.6 Å². The molecule has 6 rings (SSSR count). The van der Waals surface area contributed by atoms with E-state index in [-0.39, 0.29) is 17.7 Å². The van der Waals surface area contributed by atoms with Crippen molar-refractivity contribution in [3.05, 3.63) is 87.6 Å². The number of hydrogen-bond acceptors (Lipinski definition) is 5. The molecule has 0 bridgehead atoms. The van der Waals surface area contributed by atoms with E-state index < -0.39 is 0 Å². The second kappa shape index (κ2) is 9.28. The van der Waals surface area contributed by atoms with Crippen molar-refractivity contribution in [3.63, 3.8) is 0 Å². The molecule has 0 amide bonds. The lowest BCUT2D eigenvalue weighted by Gasteiger charge is -2.40. The number of aryl methyl sites for hydroxylation is 3. The largest absolute Gasteiger partial charge is 0.353 e. The summed E-state index contributed by atoms with van der Waals surface area (Å²) in [6.07, 6.45) is 4.76.